The fourth-order valence-electron chi connectivity index (χ4n) is 2.89. The van der Waals surface area contributed by atoms with Gasteiger partial charge in [-0.25, -0.2) is 4.39 Å². The number of nitriles is 1. The third-order valence-corrected chi connectivity index (χ3v) is 4.56. The zero-order valence-corrected chi connectivity index (χ0v) is 17.9. The van der Waals surface area contributed by atoms with E-state index < -0.39 is 5.91 Å². The van der Waals surface area contributed by atoms with Gasteiger partial charge in [-0.2, -0.15) is 5.26 Å². The Kier molecular flexibility index (Phi) is 7.60. The van der Waals surface area contributed by atoms with Crippen LogP contribution in [0.4, 0.5) is 10.1 Å². The van der Waals surface area contributed by atoms with E-state index in [1.165, 1.54) is 18.2 Å². The predicted molar refractivity (Wildman–Crippen MR) is 122 cm³/mol. The number of rotatable bonds is 8. The van der Waals surface area contributed by atoms with Crippen LogP contribution in [0.5, 0.6) is 11.5 Å². The number of ether oxygens (including phenoxy) is 2. The number of carbonyl (C=O) groups excluding carboxylic acids is 1. The second kappa shape index (κ2) is 10.8. The first-order chi connectivity index (χ1) is 15.5. The minimum Gasteiger partial charge on any atom is -0.490 e. The summed E-state index contributed by atoms with van der Waals surface area (Å²) in [6.07, 6.45) is 1.50. The number of aryl methyl sites for hydroxylation is 1. The quantitative estimate of drug-likeness (QED) is 0.370. The van der Waals surface area contributed by atoms with Gasteiger partial charge in [-0.15, -0.1) is 0 Å². The molecule has 0 aliphatic heterocycles. The van der Waals surface area contributed by atoms with Gasteiger partial charge < -0.3 is 14.8 Å². The summed E-state index contributed by atoms with van der Waals surface area (Å²) in [5.41, 5.74) is 3.09. The maximum atomic E-state index is 13.1. The second-order valence-corrected chi connectivity index (χ2v) is 7.04. The highest BCUT2D eigenvalue weighted by Gasteiger charge is 2.12. The molecule has 0 unspecified atom stereocenters. The predicted octanol–water partition coefficient (Wildman–Crippen LogP) is 5.66. The van der Waals surface area contributed by atoms with Crippen molar-refractivity contribution in [1.82, 2.24) is 0 Å². The number of halogens is 1. The van der Waals surface area contributed by atoms with E-state index in [0.29, 0.717) is 29.4 Å². The summed E-state index contributed by atoms with van der Waals surface area (Å²) >= 11 is 0. The molecule has 0 spiro atoms. The van der Waals surface area contributed by atoms with Crippen LogP contribution in [0, 0.1) is 24.1 Å². The van der Waals surface area contributed by atoms with Crippen molar-refractivity contribution in [2.24, 2.45) is 0 Å². The monoisotopic (exact) mass is 430 g/mol. The number of anilines is 1. The Labute approximate surface area is 186 Å². The molecule has 0 fully saturated rings. The molecule has 6 heteroatoms. The standard InChI is InChI=1S/C26H23FN2O3/c1-3-31-25-15-20(8-13-24(25)32-17-19-6-9-22(27)10-7-19)14-21(16-28)26(30)29-23-11-4-18(2)5-12-23/h4-15H,3,17H2,1-2H3,(H,29,30)/b21-14-. The van der Waals surface area contributed by atoms with E-state index in [9.17, 15) is 14.4 Å². The summed E-state index contributed by atoms with van der Waals surface area (Å²) < 4.78 is 24.6. The fraction of sp³-hybridized carbons (Fsp3) is 0.154. The topological polar surface area (TPSA) is 71.3 Å². The summed E-state index contributed by atoms with van der Waals surface area (Å²) in [6.45, 7) is 4.47. The van der Waals surface area contributed by atoms with Crippen LogP contribution in [0.15, 0.2) is 72.3 Å². The molecule has 3 aromatic carbocycles. The molecule has 0 radical (unpaired) electrons. The van der Waals surface area contributed by atoms with Crippen LogP contribution >= 0.6 is 0 Å². The zero-order chi connectivity index (χ0) is 22.9. The number of benzene rings is 3. The Morgan fingerprint density at radius 1 is 1.03 bits per heavy atom. The molecule has 0 bridgehead atoms. The molecule has 1 amide bonds. The van der Waals surface area contributed by atoms with Crippen molar-refractivity contribution in [3.63, 3.8) is 0 Å². The average Bonchev–Trinajstić information content (AvgIpc) is 2.79. The highest BCUT2D eigenvalue weighted by Crippen LogP contribution is 2.30. The molecule has 3 rings (SSSR count). The number of carbonyl (C=O) groups is 1. The van der Waals surface area contributed by atoms with Crippen LogP contribution < -0.4 is 14.8 Å². The Hall–Kier alpha value is -4.11. The maximum absolute atomic E-state index is 13.1. The van der Waals surface area contributed by atoms with Crippen molar-refractivity contribution in [2.75, 3.05) is 11.9 Å². The molecular weight excluding hydrogens is 407 g/mol. The maximum Gasteiger partial charge on any atom is 0.266 e. The molecule has 0 atom stereocenters. The summed E-state index contributed by atoms with van der Waals surface area (Å²) in [6, 6.07) is 20.5. The fourth-order valence-corrected chi connectivity index (χ4v) is 2.89. The summed E-state index contributed by atoms with van der Waals surface area (Å²) in [5, 5.41) is 12.2. The van der Waals surface area contributed by atoms with Crippen molar-refractivity contribution < 1.29 is 18.7 Å². The zero-order valence-electron chi connectivity index (χ0n) is 17.9. The van der Waals surface area contributed by atoms with Gasteiger partial charge in [0.15, 0.2) is 11.5 Å². The van der Waals surface area contributed by atoms with E-state index >= 15 is 0 Å². The first kappa shape index (κ1) is 22.6. The molecule has 0 aliphatic rings. The van der Waals surface area contributed by atoms with Crippen molar-refractivity contribution in [3.8, 4) is 17.6 Å². The summed E-state index contributed by atoms with van der Waals surface area (Å²) in [4.78, 5) is 12.5. The molecule has 32 heavy (non-hydrogen) atoms. The smallest absolute Gasteiger partial charge is 0.266 e. The van der Waals surface area contributed by atoms with Gasteiger partial charge >= 0.3 is 0 Å². The molecule has 5 nitrogen and oxygen atoms in total. The number of nitrogens with one attached hydrogen (secondary N) is 1. The molecule has 1 N–H and O–H groups in total. The minimum absolute atomic E-state index is 0.0343. The molecule has 162 valence electrons. The van der Waals surface area contributed by atoms with Crippen LogP contribution in [-0.4, -0.2) is 12.5 Å². The minimum atomic E-state index is -0.494. The number of amides is 1. The Balaban J connectivity index is 1.76. The van der Waals surface area contributed by atoms with Crippen LogP contribution in [0.2, 0.25) is 0 Å². The summed E-state index contributed by atoms with van der Waals surface area (Å²) in [5.74, 6) is 0.195. The summed E-state index contributed by atoms with van der Waals surface area (Å²) in [7, 11) is 0. The molecule has 0 aromatic heterocycles. The van der Waals surface area contributed by atoms with Gasteiger partial charge in [0.25, 0.3) is 5.91 Å². The van der Waals surface area contributed by atoms with Gasteiger partial charge in [0.2, 0.25) is 0 Å². The SMILES string of the molecule is CCOc1cc(/C=C(/C#N)C(=O)Nc2ccc(C)cc2)ccc1OCc1ccc(F)cc1. The molecule has 0 saturated carbocycles. The third-order valence-electron chi connectivity index (χ3n) is 4.56. The van der Waals surface area contributed by atoms with E-state index in [-0.39, 0.29) is 18.0 Å². The van der Waals surface area contributed by atoms with Gasteiger partial charge in [0.1, 0.15) is 24.1 Å². The largest absolute Gasteiger partial charge is 0.490 e. The molecule has 0 saturated heterocycles. The first-order valence-electron chi connectivity index (χ1n) is 10.1. The van der Waals surface area contributed by atoms with E-state index in [0.717, 1.165) is 11.1 Å². The molecule has 0 heterocycles. The van der Waals surface area contributed by atoms with Gasteiger partial charge in [-0.3, -0.25) is 4.79 Å². The average molecular weight is 430 g/mol. The molecular formula is C26H23FN2O3. The van der Waals surface area contributed by atoms with Gasteiger partial charge in [-0.05, 0) is 67.4 Å². The van der Waals surface area contributed by atoms with E-state index in [1.54, 1.807) is 42.5 Å². The number of nitrogens with zero attached hydrogens (tertiary/aromatic N) is 1. The van der Waals surface area contributed by atoms with Crippen LogP contribution in [-0.2, 0) is 11.4 Å². The Morgan fingerprint density at radius 2 is 1.75 bits per heavy atom. The lowest BCUT2D eigenvalue weighted by Crippen LogP contribution is -2.13. The van der Waals surface area contributed by atoms with Crippen LogP contribution in [0.3, 0.4) is 0 Å². The highest BCUT2D eigenvalue weighted by molar-refractivity contribution is 6.09. The molecule has 0 aliphatic carbocycles. The van der Waals surface area contributed by atoms with Crippen LogP contribution in [0.25, 0.3) is 6.08 Å². The van der Waals surface area contributed by atoms with Gasteiger partial charge in [-0.1, -0.05) is 35.9 Å². The Morgan fingerprint density at radius 3 is 2.41 bits per heavy atom. The lowest BCUT2D eigenvalue weighted by atomic mass is 10.1. The highest BCUT2D eigenvalue weighted by atomic mass is 19.1. The van der Waals surface area contributed by atoms with Crippen molar-refractivity contribution in [1.29, 1.82) is 5.26 Å². The van der Waals surface area contributed by atoms with Gasteiger partial charge in [0, 0.05) is 5.69 Å². The van der Waals surface area contributed by atoms with Gasteiger partial charge in [0.05, 0.1) is 6.61 Å². The Bertz CT molecular complexity index is 1150. The first-order valence-corrected chi connectivity index (χ1v) is 10.1. The van der Waals surface area contributed by atoms with Crippen molar-refractivity contribution in [3.05, 3.63) is 94.8 Å². The van der Waals surface area contributed by atoms with Crippen LogP contribution in [0.1, 0.15) is 23.6 Å². The molecule has 3 aromatic rings. The normalized spacial score (nSPS) is 10.9. The van der Waals surface area contributed by atoms with E-state index in [4.69, 9.17) is 9.47 Å². The number of hydrogen-bond donors (Lipinski definition) is 1. The lowest BCUT2D eigenvalue weighted by Gasteiger charge is -2.13. The second-order valence-electron chi connectivity index (χ2n) is 7.04. The van der Waals surface area contributed by atoms with E-state index in [2.05, 4.69) is 5.32 Å². The number of hydrogen-bond acceptors (Lipinski definition) is 4. The van der Waals surface area contributed by atoms with Crippen molar-refractivity contribution in [2.45, 2.75) is 20.5 Å². The van der Waals surface area contributed by atoms with E-state index in [1.807, 2.05) is 32.0 Å². The van der Waals surface area contributed by atoms with Crippen molar-refractivity contribution >= 4 is 17.7 Å². The lowest BCUT2D eigenvalue weighted by molar-refractivity contribution is -0.112. The third kappa shape index (κ3) is 6.19.